The molecule has 1 aromatic carbocycles. The molecule has 0 radical (unpaired) electrons. The number of carbonyl (C=O) groups excluding carboxylic acids is 1. The van der Waals surface area contributed by atoms with Gasteiger partial charge in [0.1, 0.15) is 12.0 Å². The van der Waals surface area contributed by atoms with Gasteiger partial charge in [0.15, 0.2) is 0 Å². The lowest BCUT2D eigenvalue weighted by Crippen LogP contribution is -2.14. The van der Waals surface area contributed by atoms with Crippen LogP contribution in [0.3, 0.4) is 0 Å². The van der Waals surface area contributed by atoms with Crippen LogP contribution in [0.15, 0.2) is 36.5 Å². The molecule has 0 saturated carbocycles. The second-order valence-corrected chi connectivity index (χ2v) is 4.44. The first-order valence-corrected chi connectivity index (χ1v) is 5.96. The zero-order valence-corrected chi connectivity index (χ0v) is 11.1. The Hall–Kier alpha value is -2.76. The van der Waals surface area contributed by atoms with Gasteiger partial charge in [-0.05, 0) is 31.5 Å². The van der Waals surface area contributed by atoms with Gasteiger partial charge >= 0.3 is 0 Å². The number of aromatic nitrogens is 1. The summed E-state index contributed by atoms with van der Waals surface area (Å²) in [5.74, 6) is 0.0237. The molecular formula is C14H13N3O3. The highest BCUT2D eigenvalue weighted by molar-refractivity contribution is 6.04. The number of nitro groups is 1. The minimum Gasteiger partial charge on any atom is -0.306 e. The molecule has 0 aliphatic heterocycles. The van der Waals surface area contributed by atoms with E-state index in [-0.39, 0.29) is 11.6 Å². The molecule has 0 spiro atoms. The number of rotatable bonds is 3. The molecule has 0 aliphatic carbocycles. The SMILES string of the molecule is Cc1ccc(C(=O)Nc2ncc([N+](=O)[O-])cc2C)cc1. The number of aryl methyl sites for hydroxylation is 2. The van der Waals surface area contributed by atoms with Crippen LogP contribution in [0.2, 0.25) is 0 Å². The zero-order chi connectivity index (χ0) is 14.7. The smallest absolute Gasteiger partial charge is 0.287 e. The van der Waals surface area contributed by atoms with E-state index >= 15 is 0 Å². The van der Waals surface area contributed by atoms with Crippen molar-refractivity contribution in [3.63, 3.8) is 0 Å². The summed E-state index contributed by atoms with van der Waals surface area (Å²) in [4.78, 5) is 26.0. The number of hydrogen-bond donors (Lipinski definition) is 1. The summed E-state index contributed by atoms with van der Waals surface area (Å²) in [5.41, 5.74) is 2.01. The Kier molecular flexibility index (Phi) is 3.74. The van der Waals surface area contributed by atoms with Gasteiger partial charge in [-0.25, -0.2) is 4.98 Å². The number of anilines is 1. The molecule has 0 aliphatic rings. The third-order valence-electron chi connectivity index (χ3n) is 2.82. The van der Waals surface area contributed by atoms with Gasteiger partial charge in [-0.3, -0.25) is 14.9 Å². The van der Waals surface area contributed by atoms with Crippen LogP contribution in [0.1, 0.15) is 21.5 Å². The average Bonchev–Trinajstić information content (AvgIpc) is 2.41. The molecule has 1 amide bonds. The summed E-state index contributed by atoms with van der Waals surface area (Å²) >= 11 is 0. The molecule has 0 unspecified atom stereocenters. The first kappa shape index (κ1) is 13.7. The molecule has 102 valence electrons. The van der Waals surface area contributed by atoms with Gasteiger partial charge in [0.2, 0.25) is 0 Å². The van der Waals surface area contributed by atoms with Crippen LogP contribution in [0.4, 0.5) is 11.5 Å². The van der Waals surface area contributed by atoms with Crippen LogP contribution < -0.4 is 5.32 Å². The predicted octanol–water partition coefficient (Wildman–Crippen LogP) is 2.86. The van der Waals surface area contributed by atoms with Crippen LogP contribution in [-0.2, 0) is 0 Å². The highest BCUT2D eigenvalue weighted by atomic mass is 16.6. The third-order valence-corrected chi connectivity index (χ3v) is 2.82. The summed E-state index contributed by atoms with van der Waals surface area (Å²) in [6, 6.07) is 8.48. The third kappa shape index (κ3) is 2.97. The van der Waals surface area contributed by atoms with Crippen molar-refractivity contribution in [1.29, 1.82) is 0 Å². The van der Waals surface area contributed by atoms with Crippen molar-refractivity contribution < 1.29 is 9.72 Å². The van der Waals surface area contributed by atoms with Crippen molar-refractivity contribution in [2.45, 2.75) is 13.8 Å². The van der Waals surface area contributed by atoms with E-state index in [1.807, 2.05) is 19.1 Å². The fraction of sp³-hybridized carbons (Fsp3) is 0.143. The minimum absolute atomic E-state index is 0.101. The first-order chi connectivity index (χ1) is 9.47. The molecule has 1 aromatic heterocycles. The number of nitrogens with one attached hydrogen (secondary N) is 1. The van der Waals surface area contributed by atoms with Gasteiger partial charge in [-0.1, -0.05) is 17.7 Å². The molecule has 2 aromatic rings. The summed E-state index contributed by atoms with van der Waals surface area (Å²) in [6.07, 6.45) is 1.12. The number of pyridine rings is 1. The Morgan fingerprint density at radius 3 is 2.45 bits per heavy atom. The monoisotopic (exact) mass is 271 g/mol. The van der Waals surface area contributed by atoms with Gasteiger partial charge in [-0.2, -0.15) is 0 Å². The quantitative estimate of drug-likeness (QED) is 0.687. The molecule has 20 heavy (non-hydrogen) atoms. The lowest BCUT2D eigenvalue weighted by atomic mass is 10.1. The van der Waals surface area contributed by atoms with Crippen LogP contribution in [0.5, 0.6) is 0 Å². The van der Waals surface area contributed by atoms with Crippen molar-refractivity contribution in [1.82, 2.24) is 4.98 Å². The zero-order valence-electron chi connectivity index (χ0n) is 11.1. The molecule has 0 fully saturated rings. The summed E-state index contributed by atoms with van der Waals surface area (Å²) in [7, 11) is 0. The van der Waals surface area contributed by atoms with Crippen molar-refractivity contribution in [2.24, 2.45) is 0 Å². The number of hydrogen-bond acceptors (Lipinski definition) is 4. The van der Waals surface area contributed by atoms with Crippen molar-refractivity contribution in [2.75, 3.05) is 5.32 Å². The normalized spacial score (nSPS) is 10.1. The Morgan fingerprint density at radius 2 is 1.90 bits per heavy atom. The van der Waals surface area contributed by atoms with E-state index < -0.39 is 4.92 Å². The lowest BCUT2D eigenvalue weighted by molar-refractivity contribution is -0.385. The Bertz CT molecular complexity index is 666. The summed E-state index contributed by atoms with van der Waals surface area (Å²) in [5, 5.41) is 13.3. The molecule has 2 rings (SSSR count). The molecule has 0 saturated heterocycles. The Labute approximate surface area is 115 Å². The van der Waals surface area contributed by atoms with Crippen molar-refractivity contribution >= 4 is 17.4 Å². The minimum atomic E-state index is -0.522. The summed E-state index contributed by atoms with van der Waals surface area (Å²) in [6.45, 7) is 3.59. The van der Waals surface area contributed by atoms with Crippen LogP contribution in [0.25, 0.3) is 0 Å². The van der Waals surface area contributed by atoms with E-state index in [2.05, 4.69) is 10.3 Å². The molecule has 0 bridgehead atoms. The molecule has 6 nitrogen and oxygen atoms in total. The van der Waals surface area contributed by atoms with Gasteiger partial charge in [0.25, 0.3) is 11.6 Å². The van der Waals surface area contributed by atoms with E-state index in [1.54, 1.807) is 19.1 Å². The highest BCUT2D eigenvalue weighted by Crippen LogP contribution is 2.18. The number of benzene rings is 1. The maximum absolute atomic E-state index is 12.0. The van der Waals surface area contributed by atoms with Crippen molar-refractivity contribution in [3.8, 4) is 0 Å². The maximum Gasteiger partial charge on any atom is 0.287 e. The van der Waals surface area contributed by atoms with Crippen LogP contribution in [-0.4, -0.2) is 15.8 Å². The van der Waals surface area contributed by atoms with E-state index in [4.69, 9.17) is 0 Å². The number of nitrogens with zero attached hydrogens (tertiary/aromatic N) is 2. The summed E-state index contributed by atoms with van der Waals surface area (Å²) < 4.78 is 0. The number of amides is 1. The molecule has 1 N–H and O–H groups in total. The molecule has 6 heteroatoms. The fourth-order valence-corrected chi connectivity index (χ4v) is 1.68. The molecule has 1 heterocycles. The topological polar surface area (TPSA) is 85.1 Å². The lowest BCUT2D eigenvalue weighted by Gasteiger charge is -2.07. The molecular weight excluding hydrogens is 258 g/mol. The van der Waals surface area contributed by atoms with E-state index in [0.29, 0.717) is 16.9 Å². The van der Waals surface area contributed by atoms with E-state index in [9.17, 15) is 14.9 Å². The predicted molar refractivity (Wildman–Crippen MR) is 74.8 cm³/mol. The average molecular weight is 271 g/mol. The largest absolute Gasteiger partial charge is 0.306 e. The van der Waals surface area contributed by atoms with Gasteiger partial charge in [0, 0.05) is 11.6 Å². The first-order valence-electron chi connectivity index (χ1n) is 5.96. The Morgan fingerprint density at radius 1 is 1.25 bits per heavy atom. The van der Waals surface area contributed by atoms with Crippen LogP contribution in [0, 0.1) is 24.0 Å². The number of carbonyl (C=O) groups is 1. The Balaban J connectivity index is 2.19. The van der Waals surface area contributed by atoms with Gasteiger partial charge in [-0.15, -0.1) is 0 Å². The second-order valence-electron chi connectivity index (χ2n) is 4.44. The maximum atomic E-state index is 12.0. The van der Waals surface area contributed by atoms with E-state index in [0.717, 1.165) is 11.8 Å². The van der Waals surface area contributed by atoms with Crippen molar-refractivity contribution in [3.05, 3.63) is 63.3 Å². The standard InChI is InChI=1S/C14H13N3O3/c1-9-3-5-11(6-4-9)14(18)16-13-10(2)7-12(8-15-13)17(19)20/h3-8H,1-2H3,(H,15,16,18). The second kappa shape index (κ2) is 5.48. The fourth-order valence-electron chi connectivity index (χ4n) is 1.68. The van der Waals surface area contributed by atoms with Gasteiger partial charge in [0.05, 0.1) is 4.92 Å². The molecule has 0 atom stereocenters. The van der Waals surface area contributed by atoms with Crippen LogP contribution >= 0.6 is 0 Å². The van der Waals surface area contributed by atoms with E-state index in [1.165, 1.54) is 6.07 Å². The van der Waals surface area contributed by atoms with Gasteiger partial charge < -0.3 is 5.32 Å². The highest BCUT2D eigenvalue weighted by Gasteiger charge is 2.12.